The molecule has 0 saturated carbocycles. The maximum Gasteiger partial charge on any atom is 0.222 e. The number of carbonyl (C=O) groups excluding carboxylic acids is 1. The summed E-state index contributed by atoms with van der Waals surface area (Å²) in [5.41, 5.74) is 3.41. The molecule has 0 bridgehead atoms. The zero-order valence-corrected chi connectivity index (χ0v) is 14.4. The second-order valence-electron chi connectivity index (χ2n) is 6.86. The Hall–Kier alpha value is -1.58. The molecule has 2 rings (SSSR count). The lowest BCUT2D eigenvalue weighted by atomic mass is 9.91. The van der Waals surface area contributed by atoms with Crippen molar-refractivity contribution in [2.24, 2.45) is 11.8 Å². The van der Waals surface area contributed by atoms with Gasteiger partial charge in [0.05, 0.1) is 12.2 Å². The number of nitrogens with zero attached hydrogens (tertiary/aromatic N) is 3. The van der Waals surface area contributed by atoms with E-state index < -0.39 is 0 Å². The summed E-state index contributed by atoms with van der Waals surface area (Å²) in [5.74, 6) is 1.52. The van der Waals surface area contributed by atoms with Crippen LogP contribution in [0.4, 0.5) is 0 Å². The van der Waals surface area contributed by atoms with Gasteiger partial charge in [-0.25, -0.2) is 0 Å². The van der Waals surface area contributed by atoms with Gasteiger partial charge in [-0.1, -0.05) is 19.9 Å². The van der Waals surface area contributed by atoms with Crippen molar-refractivity contribution in [1.29, 1.82) is 0 Å². The first kappa shape index (κ1) is 16.8. The third-order valence-electron chi connectivity index (χ3n) is 4.64. The standard InChI is InChI=1S/C18H29N3O/c1-6-9-21-16(5)17(15(4)19-21)7-8-18(22)20-11-13(2)10-14(3)12-20/h6,13-14H,1,7-12H2,2-5H3. The van der Waals surface area contributed by atoms with Gasteiger partial charge in [0.25, 0.3) is 0 Å². The lowest BCUT2D eigenvalue weighted by Crippen LogP contribution is -2.42. The van der Waals surface area contributed by atoms with E-state index in [1.807, 2.05) is 17.7 Å². The highest BCUT2D eigenvalue weighted by Gasteiger charge is 2.25. The highest BCUT2D eigenvalue weighted by atomic mass is 16.2. The Labute approximate surface area is 134 Å². The molecule has 0 N–H and O–H groups in total. The predicted molar refractivity (Wildman–Crippen MR) is 89.7 cm³/mol. The number of carbonyl (C=O) groups is 1. The van der Waals surface area contributed by atoms with Gasteiger partial charge in [-0.15, -0.1) is 6.58 Å². The molecule has 122 valence electrons. The Morgan fingerprint density at radius 3 is 2.55 bits per heavy atom. The van der Waals surface area contributed by atoms with Crippen LogP contribution in [-0.2, 0) is 17.8 Å². The van der Waals surface area contributed by atoms with Crippen molar-refractivity contribution >= 4 is 5.91 Å². The van der Waals surface area contributed by atoms with Crippen LogP contribution in [0.3, 0.4) is 0 Å². The molecule has 4 nitrogen and oxygen atoms in total. The van der Waals surface area contributed by atoms with Gasteiger partial charge < -0.3 is 4.90 Å². The van der Waals surface area contributed by atoms with Gasteiger partial charge in [-0.3, -0.25) is 9.48 Å². The van der Waals surface area contributed by atoms with E-state index >= 15 is 0 Å². The minimum atomic E-state index is 0.286. The minimum Gasteiger partial charge on any atom is -0.342 e. The maximum atomic E-state index is 12.5. The molecule has 0 aliphatic carbocycles. The van der Waals surface area contributed by atoms with E-state index in [4.69, 9.17) is 0 Å². The van der Waals surface area contributed by atoms with E-state index in [9.17, 15) is 4.79 Å². The van der Waals surface area contributed by atoms with Crippen LogP contribution in [-0.4, -0.2) is 33.7 Å². The van der Waals surface area contributed by atoms with Crippen molar-refractivity contribution in [3.8, 4) is 0 Å². The Bertz CT molecular complexity index is 537. The van der Waals surface area contributed by atoms with E-state index in [-0.39, 0.29) is 5.91 Å². The molecule has 2 atom stereocenters. The lowest BCUT2D eigenvalue weighted by Gasteiger charge is -2.35. The van der Waals surface area contributed by atoms with Gasteiger partial charge in [-0.2, -0.15) is 5.10 Å². The fourth-order valence-electron chi connectivity index (χ4n) is 3.65. The molecular weight excluding hydrogens is 274 g/mol. The SMILES string of the molecule is C=CCn1nc(C)c(CCC(=O)N2CC(C)CC(C)C2)c1C. The molecule has 1 saturated heterocycles. The number of aromatic nitrogens is 2. The van der Waals surface area contributed by atoms with Crippen molar-refractivity contribution in [2.75, 3.05) is 13.1 Å². The predicted octanol–water partition coefficient (Wildman–Crippen LogP) is 3.12. The van der Waals surface area contributed by atoms with Gasteiger partial charge in [0, 0.05) is 25.2 Å². The van der Waals surface area contributed by atoms with E-state index in [0.29, 0.717) is 18.3 Å². The van der Waals surface area contributed by atoms with Crippen LogP contribution in [0.25, 0.3) is 0 Å². The summed E-state index contributed by atoms with van der Waals surface area (Å²) in [6.07, 6.45) is 4.45. The monoisotopic (exact) mass is 303 g/mol. The number of rotatable bonds is 5. The van der Waals surface area contributed by atoms with Gasteiger partial charge in [-0.05, 0) is 44.1 Å². The smallest absolute Gasteiger partial charge is 0.222 e. The van der Waals surface area contributed by atoms with E-state index in [2.05, 4.69) is 37.3 Å². The molecule has 1 aromatic heterocycles. The first-order valence-corrected chi connectivity index (χ1v) is 8.33. The van der Waals surface area contributed by atoms with Crippen LogP contribution in [0, 0.1) is 25.7 Å². The average molecular weight is 303 g/mol. The fourth-order valence-corrected chi connectivity index (χ4v) is 3.65. The molecule has 1 aliphatic heterocycles. The molecule has 0 aromatic carbocycles. The van der Waals surface area contributed by atoms with E-state index in [0.717, 1.165) is 37.4 Å². The van der Waals surface area contributed by atoms with Crippen LogP contribution in [0.15, 0.2) is 12.7 Å². The third kappa shape index (κ3) is 3.79. The highest BCUT2D eigenvalue weighted by Crippen LogP contribution is 2.22. The van der Waals surface area contributed by atoms with Crippen molar-refractivity contribution in [3.63, 3.8) is 0 Å². The van der Waals surface area contributed by atoms with Crippen LogP contribution < -0.4 is 0 Å². The van der Waals surface area contributed by atoms with Crippen molar-refractivity contribution in [3.05, 3.63) is 29.6 Å². The molecule has 0 spiro atoms. The topological polar surface area (TPSA) is 38.1 Å². The summed E-state index contributed by atoms with van der Waals surface area (Å²) < 4.78 is 1.97. The number of allylic oxidation sites excluding steroid dienone is 1. The first-order chi connectivity index (χ1) is 10.4. The van der Waals surface area contributed by atoms with Crippen LogP contribution in [0.2, 0.25) is 0 Å². The first-order valence-electron chi connectivity index (χ1n) is 8.33. The average Bonchev–Trinajstić information content (AvgIpc) is 2.70. The van der Waals surface area contributed by atoms with Crippen LogP contribution in [0.1, 0.15) is 43.6 Å². The maximum absolute atomic E-state index is 12.5. The number of likely N-dealkylation sites (tertiary alicyclic amines) is 1. The van der Waals surface area contributed by atoms with Crippen LogP contribution >= 0.6 is 0 Å². The van der Waals surface area contributed by atoms with Gasteiger partial charge in [0.15, 0.2) is 0 Å². The molecule has 1 fully saturated rings. The quantitative estimate of drug-likeness (QED) is 0.784. The Morgan fingerprint density at radius 1 is 1.32 bits per heavy atom. The minimum absolute atomic E-state index is 0.286. The lowest BCUT2D eigenvalue weighted by molar-refractivity contribution is -0.133. The largest absolute Gasteiger partial charge is 0.342 e. The Kier molecular flexibility index (Phi) is 5.43. The van der Waals surface area contributed by atoms with Crippen LogP contribution in [0.5, 0.6) is 0 Å². The summed E-state index contributed by atoms with van der Waals surface area (Å²) in [4.78, 5) is 14.6. The van der Waals surface area contributed by atoms with E-state index in [1.54, 1.807) is 0 Å². The van der Waals surface area contributed by atoms with Crippen molar-refractivity contribution in [2.45, 2.75) is 53.5 Å². The number of piperidine rings is 1. The summed E-state index contributed by atoms with van der Waals surface area (Å²) >= 11 is 0. The molecule has 2 unspecified atom stereocenters. The second-order valence-corrected chi connectivity index (χ2v) is 6.86. The molecule has 1 aliphatic rings. The zero-order valence-electron chi connectivity index (χ0n) is 14.4. The van der Waals surface area contributed by atoms with Crippen molar-refractivity contribution in [1.82, 2.24) is 14.7 Å². The Balaban J connectivity index is 1.98. The number of aryl methyl sites for hydroxylation is 1. The third-order valence-corrected chi connectivity index (χ3v) is 4.64. The highest BCUT2D eigenvalue weighted by molar-refractivity contribution is 5.76. The number of hydrogen-bond acceptors (Lipinski definition) is 2. The summed E-state index contributed by atoms with van der Waals surface area (Å²) in [7, 11) is 0. The molecule has 4 heteroatoms. The molecule has 0 radical (unpaired) electrons. The fraction of sp³-hybridized carbons (Fsp3) is 0.667. The summed E-state index contributed by atoms with van der Waals surface area (Å²) in [5, 5.41) is 4.53. The molecule has 2 heterocycles. The normalized spacial score (nSPS) is 21.9. The zero-order chi connectivity index (χ0) is 16.3. The van der Waals surface area contributed by atoms with Gasteiger partial charge in [0.1, 0.15) is 0 Å². The molecule has 22 heavy (non-hydrogen) atoms. The molecule has 1 amide bonds. The summed E-state index contributed by atoms with van der Waals surface area (Å²) in [6, 6.07) is 0. The molecular formula is C18H29N3O. The van der Waals surface area contributed by atoms with Gasteiger partial charge >= 0.3 is 0 Å². The number of amides is 1. The molecule has 1 aromatic rings. The van der Waals surface area contributed by atoms with Crippen molar-refractivity contribution < 1.29 is 4.79 Å². The Morgan fingerprint density at radius 2 is 1.95 bits per heavy atom. The summed E-state index contributed by atoms with van der Waals surface area (Å²) in [6.45, 7) is 14.9. The second kappa shape index (κ2) is 7.12. The number of hydrogen-bond donors (Lipinski definition) is 0. The van der Waals surface area contributed by atoms with Gasteiger partial charge in [0.2, 0.25) is 5.91 Å². The van der Waals surface area contributed by atoms with E-state index in [1.165, 1.54) is 12.0 Å².